The molecule has 0 bridgehead atoms. The second-order valence-corrected chi connectivity index (χ2v) is 5.15. The molecule has 0 amide bonds. The molecule has 0 radical (unpaired) electrons. The lowest BCUT2D eigenvalue weighted by molar-refractivity contribution is -0.0602. The molecule has 3 heteroatoms. The highest BCUT2D eigenvalue weighted by Gasteiger charge is 2.20. The van der Waals surface area contributed by atoms with Gasteiger partial charge in [-0.15, -0.1) is 0 Å². The van der Waals surface area contributed by atoms with Gasteiger partial charge in [-0.1, -0.05) is 0 Å². The van der Waals surface area contributed by atoms with Gasteiger partial charge in [0.1, 0.15) is 0 Å². The smallest absolute Gasteiger partial charge is 0.0808 e. The Hall–Kier alpha value is -0.120. The molecular formula is C13H25NO2. The van der Waals surface area contributed by atoms with E-state index in [0.717, 1.165) is 32.2 Å². The van der Waals surface area contributed by atoms with E-state index in [4.69, 9.17) is 9.47 Å². The van der Waals surface area contributed by atoms with Crippen molar-refractivity contribution in [1.29, 1.82) is 0 Å². The monoisotopic (exact) mass is 227 g/mol. The highest BCUT2D eigenvalue weighted by Crippen LogP contribution is 2.18. The first-order valence-electron chi connectivity index (χ1n) is 6.81. The number of hydrogen-bond donors (Lipinski definition) is 1. The Bertz CT molecular complexity index is 188. The number of ether oxygens (including phenoxy) is 2. The highest BCUT2D eigenvalue weighted by molar-refractivity contribution is 4.80. The summed E-state index contributed by atoms with van der Waals surface area (Å²) in [5, 5.41) is 3.51. The number of rotatable bonds is 7. The van der Waals surface area contributed by atoms with Crippen molar-refractivity contribution in [1.82, 2.24) is 5.32 Å². The Labute approximate surface area is 98.9 Å². The molecule has 1 aliphatic carbocycles. The van der Waals surface area contributed by atoms with Crippen LogP contribution in [-0.2, 0) is 9.47 Å². The lowest BCUT2D eigenvalue weighted by Gasteiger charge is -2.24. The third kappa shape index (κ3) is 4.81. The average Bonchev–Trinajstić information content (AvgIpc) is 3.12. The highest BCUT2D eigenvalue weighted by atomic mass is 16.5. The molecule has 16 heavy (non-hydrogen) atoms. The maximum atomic E-state index is 5.82. The molecule has 0 spiro atoms. The Morgan fingerprint density at radius 1 is 1.31 bits per heavy atom. The summed E-state index contributed by atoms with van der Waals surface area (Å²) in [5.74, 6) is 0. The molecule has 0 aromatic rings. The molecule has 3 nitrogen and oxygen atoms in total. The van der Waals surface area contributed by atoms with Crippen LogP contribution in [0.15, 0.2) is 0 Å². The normalized spacial score (nSPS) is 27.9. The van der Waals surface area contributed by atoms with Gasteiger partial charge >= 0.3 is 0 Å². The van der Waals surface area contributed by atoms with Crippen molar-refractivity contribution < 1.29 is 9.47 Å². The molecule has 94 valence electrons. The van der Waals surface area contributed by atoms with Crippen molar-refractivity contribution >= 4 is 0 Å². The maximum absolute atomic E-state index is 5.82. The van der Waals surface area contributed by atoms with Gasteiger partial charge in [-0.2, -0.15) is 0 Å². The molecule has 1 saturated heterocycles. The number of hydrogen-bond acceptors (Lipinski definition) is 3. The summed E-state index contributed by atoms with van der Waals surface area (Å²) in [6.07, 6.45) is 8.25. The van der Waals surface area contributed by atoms with E-state index in [1.54, 1.807) is 0 Å². The van der Waals surface area contributed by atoms with Gasteiger partial charge in [0.15, 0.2) is 0 Å². The minimum atomic E-state index is 0.354. The van der Waals surface area contributed by atoms with E-state index in [2.05, 4.69) is 12.2 Å². The second-order valence-electron chi connectivity index (χ2n) is 5.15. The summed E-state index contributed by atoms with van der Waals surface area (Å²) >= 11 is 0. The van der Waals surface area contributed by atoms with Crippen molar-refractivity contribution in [2.75, 3.05) is 19.8 Å². The van der Waals surface area contributed by atoms with Gasteiger partial charge in [-0.05, 0) is 52.0 Å². The van der Waals surface area contributed by atoms with Gasteiger partial charge < -0.3 is 14.8 Å². The predicted octanol–water partition coefficient (Wildman–Crippen LogP) is 2.10. The Kier molecular flexibility index (Phi) is 5.07. The molecule has 2 unspecified atom stereocenters. The van der Waals surface area contributed by atoms with Crippen molar-refractivity contribution in [2.24, 2.45) is 0 Å². The molecule has 2 aliphatic rings. The molecule has 2 rings (SSSR count). The fraction of sp³-hybridized carbons (Fsp3) is 1.00. The standard InChI is InChI=1S/C13H25NO2/c1-11(7-8-14-12-5-6-12)16-10-13-4-2-3-9-15-13/h11-14H,2-10H2,1H3. The Morgan fingerprint density at radius 2 is 2.19 bits per heavy atom. The van der Waals surface area contributed by atoms with Crippen LogP contribution in [0, 0.1) is 0 Å². The zero-order valence-electron chi connectivity index (χ0n) is 10.4. The molecular weight excluding hydrogens is 202 g/mol. The van der Waals surface area contributed by atoms with E-state index in [9.17, 15) is 0 Å². The average molecular weight is 227 g/mol. The zero-order chi connectivity index (χ0) is 11.2. The van der Waals surface area contributed by atoms with Gasteiger partial charge in [0.25, 0.3) is 0 Å². The molecule has 0 aromatic carbocycles. The van der Waals surface area contributed by atoms with Crippen LogP contribution in [0.5, 0.6) is 0 Å². The molecule has 1 heterocycles. The Balaban J connectivity index is 1.46. The van der Waals surface area contributed by atoms with Crippen molar-refractivity contribution in [3.05, 3.63) is 0 Å². The minimum Gasteiger partial charge on any atom is -0.376 e. The van der Waals surface area contributed by atoms with Crippen LogP contribution in [0.3, 0.4) is 0 Å². The topological polar surface area (TPSA) is 30.5 Å². The van der Waals surface area contributed by atoms with E-state index < -0.39 is 0 Å². The van der Waals surface area contributed by atoms with Crippen LogP contribution in [0.2, 0.25) is 0 Å². The van der Waals surface area contributed by atoms with Crippen LogP contribution >= 0.6 is 0 Å². The van der Waals surface area contributed by atoms with E-state index >= 15 is 0 Å². The first kappa shape index (κ1) is 12.3. The third-order valence-corrected chi connectivity index (χ3v) is 3.40. The fourth-order valence-electron chi connectivity index (χ4n) is 2.07. The first-order valence-corrected chi connectivity index (χ1v) is 6.81. The first-order chi connectivity index (χ1) is 7.84. The van der Waals surface area contributed by atoms with Crippen LogP contribution in [0.1, 0.15) is 45.4 Å². The van der Waals surface area contributed by atoms with Crippen molar-refractivity contribution in [2.45, 2.75) is 63.7 Å². The van der Waals surface area contributed by atoms with E-state index in [1.807, 2.05) is 0 Å². The molecule has 1 N–H and O–H groups in total. The van der Waals surface area contributed by atoms with Crippen molar-refractivity contribution in [3.8, 4) is 0 Å². The van der Waals surface area contributed by atoms with Crippen LogP contribution in [0.4, 0.5) is 0 Å². The second kappa shape index (κ2) is 6.58. The lowest BCUT2D eigenvalue weighted by atomic mass is 10.1. The summed E-state index contributed by atoms with van der Waals surface area (Å²) in [6, 6.07) is 0.814. The van der Waals surface area contributed by atoms with Crippen LogP contribution < -0.4 is 5.32 Å². The van der Waals surface area contributed by atoms with Gasteiger partial charge in [-0.25, -0.2) is 0 Å². The van der Waals surface area contributed by atoms with Crippen LogP contribution in [0.25, 0.3) is 0 Å². The van der Waals surface area contributed by atoms with Gasteiger partial charge in [0.05, 0.1) is 18.8 Å². The fourth-order valence-corrected chi connectivity index (χ4v) is 2.07. The SMILES string of the molecule is CC(CCNC1CC1)OCC1CCCCO1. The molecule has 0 aromatic heterocycles. The summed E-state index contributed by atoms with van der Waals surface area (Å²) in [6.45, 7) is 4.96. The zero-order valence-corrected chi connectivity index (χ0v) is 10.4. The van der Waals surface area contributed by atoms with E-state index in [1.165, 1.54) is 32.1 Å². The van der Waals surface area contributed by atoms with E-state index in [-0.39, 0.29) is 0 Å². The summed E-state index contributed by atoms with van der Waals surface area (Å²) in [5.41, 5.74) is 0. The quantitative estimate of drug-likeness (QED) is 0.722. The predicted molar refractivity (Wildman–Crippen MR) is 64.6 cm³/mol. The number of nitrogens with one attached hydrogen (secondary N) is 1. The summed E-state index contributed by atoms with van der Waals surface area (Å²) < 4.78 is 11.5. The largest absolute Gasteiger partial charge is 0.376 e. The third-order valence-electron chi connectivity index (χ3n) is 3.40. The minimum absolute atomic E-state index is 0.354. The molecule has 1 aliphatic heterocycles. The summed E-state index contributed by atoms with van der Waals surface area (Å²) in [7, 11) is 0. The van der Waals surface area contributed by atoms with Gasteiger partial charge in [0, 0.05) is 12.6 Å². The van der Waals surface area contributed by atoms with Gasteiger partial charge in [-0.3, -0.25) is 0 Å². The van der Waals surface area contributed by atoms with E-state index in [0.29, 0.717) is 12.2 Å². The summed E-state index contributed by atoms with van der Waals surface area (Å²) in [4.78, 5) is 0. The van der Waals surface area contributed by atoms with Gasteiger partial charge in [0.2, 0.25) is 0 Å². The molecule has 2 fully saturated rings. The molecule has 1 saturated carbocycles. The Morgan fingerprint density at radius 3 is 2.88 bits per heavy atom. The van der Waals surface area contributed by atoms with Crippen molar-refractivity contribution in [3.63, 3.8) is 0 Å². The lowest BCUT2D eigenvalue weighted by Crippen LogP contribution is -2.28. The maximum Gasteiger partial charge on any atom is 0.0808 e. The molecule has 2 atom stereocenters. The van der Waals surface area contributed by atoms with Crippen LogP contribution in [-0.4, -0.2) is 38.0 Å².